The number of ketones is 1. The third-order valence-corrected chi connectivity index (χ3v) is 7.00. The summed E-state index contributed by atoms with van der Waals surface area (Å²) in [4.78, 5) is 17.6. The average molecular weight is 421 g/mol. The summed E-state index contributed by atoms with van der Waals surface area (Å²) >= 11 is 0. The molecular weight excluding hydrogens is 380 g/mol. The normalized spacial score (nSPS) is 18.8. The smallest absolute Gasteiger partial charge is 0.136 e. The van der Waals surface area contributed by atoms with Crippen LogP contribution < -0.4 is 9.80 Å². The Labute approximate surface area is 189 Å². The van der Waals surface area contributed by atoms with Gasteiger partial charge in [-0.3, -0.25) is 4.79 Å². The highest BCUT2D eigenvalue weighted by Crippen LogP contribution is 2.31. The summed E-state index contributed by atoms with van der Waals surface area (Å²) in [7, 11) is 0. The van der Waals surface area contributed by atoms with Gasteiger partial charge < -0.3 is 9.80 Å². The molecule has 3 heteroatoms. The molecule has 3 rings (SSSR count). The van der Waals surface area contributed by atoms with E-state index in [0.29, 0.717) is 11.7 Å². The third-order valence-electron chi connectivity index (χ3n) is 7.00. The van der Waals surface area contributed by atoms with Gasteiger partial charge in [0, 0.05) is 49.9 Å². The van der Waals surface area contributed by atoms with E-state index in [9.17, 15) is 4.79 Å². The largest absolute Gasteiger partial charge is 0.372 e. The molecule has 3 nitrogen and oxygen atoms in total. The Bertz CT molecular complexity index is 804. The first-order valence-corrected chi connectivity index (χ1v) is 12.3. The zero-order valence-electron chi connectivity index (χ0n) is 19.9. The Balaban J connectivity index is 1.52. The van der Waals surface area contributed by atoms with Crippen LogP contribution in [0.4, 0.5) is 11.4 Å². The first-order valence-electron chi connectivity index (χ1n) is 12.3. The van der Waals surface area contributed by atoms with Crippen LogP contribution in [-0.2, 0) is 17.6 Å². The second-order valence-electron chi connectivity index (χ2n) is 8.90. The number of rotatable bonds is 10. The fraction of sp³-hybridized carbons (Fsp3) is 0.536. The molecule has 2 unspecified atom stereocenters. The Morgan fingerprint density at radius 1 is 0.677 bits per heavy atom. The van der Waals surface area contributed by atoms with E-state index in [4.69, 9.17) is 0 Å². The van der Waals surface area contributed by atoms with Crippen molar-refractivity contribution in [3.8, 4) is 0 Å². The van der Waals surface area contributed by atoms with Crippen molar-refractivity contribution in [1.29, 1.82) is 0 Å². The predicted molar refractivity (Wildman–Crippen MR) is 133 cm³/mol. The maximum absolute atomic E-state index is 12.9. The van der Waals surface area contributed by atoms with Crippen molar-refractivity contribution in [2.45, 2.75) is 59.8 Å². The minimum Gasteiger partial charge on any atom is -0.372 e. The van der Waals surface area contributed by atoms with E-state index >= 15 is 0 Å². The summed E-state index contributed by atoms with van der Waals surface area (Å²) in [5.41, 5.74) is 5.22. The van der Waals surface area contributed by atoms with Crippen LogP contribution in [0.5, 0.6) is 0 Å². The molecule has 0 spiro atoms. The first kappa shape index (κ1) is 23.4. The number of hydrogen-bond donors (Lipinski definition) is 0. The van der Waals surface area contributed by atoms with Crippen LogP contribution >= 0.6 is 0 Å². The Morgan fingerprint density at radius 2 is 1.13 bits per heavy atom. The summed E-state index contributed by atoms with van der Waals surface area (Å²) in [6, 6.07) is 17.8. The topological polar surface area (TPSA) is 23.6 Å². The molecule has 0 radical (unpaired) electrons. The summed E-state index contributed by atoms with van der Waals surface area (Å²) < 4.78 is 0. The second kappa shape index (κ2) is 11.4. The number of benzene rings is 2. The number of Topliss-reactive ketones (excluding diaryl/α,β-unsaturated/α-hetero) is 1. The zero-order chi connectivity index (χ0) is 22.2. The second-order valence-corrected chi connectivity index (χ2v) is 8.90. The van der Waals surface area contributed by atoms with Crippen molar-refractivity contribution >= 4 is 17.2 Å². The van der Waals surface area contributed by atoms with Gasteiger partial charge in [-0.1, -0.05) is 24.3 Å². The Hall–Kier alpha value is -2.29. The van der Waals surface area contributed by atoms with E-state index in [-0.39, 0.29) is 5.92 Å². The summed E-state index contributed by atoms with van der Waals surface area (Å²) in [5.74, 6) is 1.15. The molecule has 0 heterocycles. The lowest BCUT2D eigenvalue weighted by molar-refractivity contribution is -0.125. The van der Waals surface area contributed by atoms with Crippen molar-refractivity contribution in [3.05, 3.63) is 59.7 Å². The van der Waals surface area contributed by atoms with Crippen LogP contribution in [0.25, 0.3) is 0 Å². The van der Waals surface area contributed by atoms with Crippen molar-refractivity contribution < 1.29 is 4.79 Å². The predicted octanol–water partition coefficient (Wildman–Crippen LogP) is 6.15. The SMILES string of the molecule is CCN(CC)c1ccc(CC2CCC(Cc3ccc(N(CC)CC)cc3)C(=O)C2)cc1. The van der Waals surface area contributed by atoms with Gasteiger partial charge in [0.1, 0.15) is 5.78 Å². The molecule has 0 amide bonds. The van der Waals surface area contributed by atoms with E-state index in [0.717, 1.165) is 58.3 Å². The van der Waals surface area contributed by atoms with Crippen molar-refractivity contribution in [2.75, 3.05) is 36.0 Å². The highest BCUT2D eigenvalue weighted by atomic mass is 16.1. The average Bonchev–Trinajstić information content (AvgIpc) is 2.79. The van der Waals surface area contributed by atoms with E-state index in [2.05, 4.69) is 86.0 Å². The fourth-order valence-corrected chi connectivity index (χ4v) is 5.02. The molecule has 0 N–H and O–H groups in total. The maximum Gasteiger partial charge on any atom is 0.136 e. The molecule has 2 atom stereocenters. The molecule has 1 aliphatic carbocycles. The molecule has 31 heavy (non-hydrogen) atoms. The fourth-order valence-electron chi connectivity index (χ4n) is 5.02. The van der Waals surface area contributed by atoms with Crippen LogP contribution in [0.1, 0.15) is 58.1 Å². The number of carbonyl (C=O) groups is 1. The van der Waals surface area contributed by atoms with Crippen LogP contribution in [0.3, 0.4) is 0 Å². The van der Waals surface area contributed by atoms with Crippen LogP contribution in [-0.4, -0.2) is 32.0 Å². The Kier molecular flexibility index (Phi) is 8.57. The number of carbonyl (C=O) groups excluding carboxylic acids is 1. The monoisotopic (exact) mass is 420 g/mol. The minimum atomic E-state index is 0.195. The van der Waals surface area contributed by atoms with Gasteiger partial charge in [-0.05, 0) is 94.7 Å². The molecule has 1 saturated carbocycles. The highest BCUT2D eigenvalue weighted by Gasteiger charge is 2.28. The molecule has 0 bridgehead atoms. The molecule has 0 aliphatic heterocycles. The molecule has 2 aromatic carbocycles. The lowest BCUT2D eigenvalue weighted by Crippen LogP contribution is -2.27. The summed E-state index contributed by atoms with van der Waals surface area (Å²) in [5, 5.41) is 0. The van der Waals surface area contributed by atoms with Crippen LogP contribution in [0.15, 0.2) is 48.5 Å². The Morgan fingerprint density at radius 3 is 1.55 bits per heavy atom. The molecule has 2 aromatic rings. The van der Waals surface area contributed by atoms with Crippen LogP contribution in [0.2, 0.25) is 0 Å². The standard InChI is InChI=1S/C28H40N2O/c1-5-29(6-2)26-15-10-22(11-16-26)19-24-9-14-25(28(31)21-24)20-23-12-17-27(18-13-23)30(7-3)8-4/h10-13,15-18,24-25H,5-9,14,19-21H2,1-4H3. The van der Waals surface area contributed by atoms with Crippen molar-refractivity contribution in [2.24, 2.45) is 11.8 Å². The van der Waals surface area contributed by atoms with Gasteiger partial charge in [0.2, 0.25) is 0 Å². The molecule has 1 aliphatic rings. The van der Waals surface area contributed by atoms with Gasteiger partial charge in [0.05, 0.1) is 0 Å². The van der Waals surface area contributed by atoms with Crippen molar-refractivity contribution in [1.82, 2.24) is 0 Å². The zero-order valence-corrected chi connectivity index (χ0v) is 19.9. The van der Waals surface area contributed by atoms with E-state index in [1.807, 2.05) is 0 Å². The van der Waals surface area contributed by atoms with E-state index in [1.165, 1.54) is 22.5 Å². The molecular formula is C28H40N2O. The lowest BCUT2D eigenvalue weighted by Gasteiger charge is -2.28. The van der Waals surface area contributed by atoms with E-state index in [1.54, 1.807) is 0 Å². The van der Waals surface area contributed by atoms with E-state index < -0.39 is 0 Å². The van der Waals surface area contributed by atoms with Gasteiger partial charge in [-0.2, -0.15) is 0 Å². The van der Waals surface area contributed by atoms with Gasteiger partial charge in [-0.25, -0.2) is 0 Å². The highest BCUT2D eigenvalue weighted by molar-refractivity contribution is 5.82. The summed E-state index contributed by atoms with van der Waals surface area (Å²) in [6.45, 7) is 12.9. The first-order chi connectivity index (χ1) is 15.1. The van der Waals surface area contributed by atoms with Crippen molar-refractivity contribution in [3.63, 3.8) is 0 Å². The van der Waals surface area contributed by atoms with Crippen LogP contribution in [0, 0.1) is 11.8 Å². The molecule has 0 aromatic heterocycles. The van der Waals surface area contributed by atoms with Gasteiger partial charge in [0.25, 0.3) is 0 Å². The number of anilines is 2. The molecule has 1 fully saturated rings. The lowest BCUT2D eigenvalue weighted by atomic mass is 9.76. The number of hydrogen-bond acceptors (Lipinski definition) is 3. The van der Waals surface area contributed by atoms with Gasteiger partial charge in [0.15, 0.2) is 0 Å². The molecule has 168 valence electrons. The minimum absolute atomic E-state index is 0.195. The summed E-state index contributed by atoms with van der Waals surface area (Å²) in [6.07, 6.45) is 4.84. The maximum atomic E-state index is 12.9. The van der Waals surface area contributed by atoms with Gasteiger partial charge in [-0.15, -0.1) is 0 Å². The van der Waals surface area contributed by atoms with Gasteiger partial charge >= 0.3 is 0 Å². The third kappa shape index (κ3) is 6.12. The number of nitrogens with zero attached hydrogens (tertiary/aromatic N) is 2. The molecule has 0 saturated heterocycles. The quantitative estimate of drug-likeness (QED) is 0.460.